The van der Waals surface area contributed by atoms with E-state index in [4.69, 9.17) is 4.42 Å². The number of urea groups is 1. The molecule has 6 heteroatoms. The van der Waals surface area contributed by atoms with E-state index < -0.39 is 12.0 Å². The van der Waals surface area contributed by atoms with E-state index >= 15 is 0 Å². The van der Waals surface area contributed by atoms with Crippen LogP contribution in [0.2, 0.25) is 0 Å². The Kier molecular flexibility index (Phi) is 5.06. The molecule has 0 fully saturated rings. The van der Waals surface area contributed by atoms with E-state index in [1.54, 1.807) is 13.0 Å². The summed E-state index contributed by atoms with van der Waals surface area (Å²) in [7, 11) is 0. The van der Waals surface area contributed by atoms with Crippen molar-refractivity contribution < 1.29 is 18.7 Å². The van der Waals surface area contributed by atoms with Crippen molar-refractivity contribution in [2.45, 2.75) is 20.4 Å². The summed E-state index contributed by atoms with van der Waals surface area (Å²) in [6.07, 6.45) is 0. The summed E-state index contributed by atoms with van der Waals surface area (Å²) >= 11 is 0. The van der Waals surface area contributed by atoms with Crippen LogP contribution in [0, 0.1) is 6.92 Å². The average molecular weight is 240 g/mol. The first kappa shape index (κ1) is 13.1. The molecule has 94 valence electrons. The number of amides is 2. The topological polar surface area (TPSA) is 80.6 Å². The number of carbonyl (C=O) groups excluding carboxylic acids is 2. The average Bonchev–Trinajstić information content (AvgIpc) is 2.70. The van der Waals surface area contributed by atoms with Crippen LogP contribution in [0.5, 0.6) is 0 Å². The summed E-state index contributed by atoms with van der Waals surface area (Å²) in [4.78, 5) is 22.2. The van der Waals surface area contributed by atoms with Crippen LogP contribution in [0.25, 0.3) is 0 Å². The number of furan rings is 1. The summed E-state index contributed by atoms with van der Waals surface area (Å²) in [5.74, 6) is 0.985. The number of carbonyl (C=O) groups is 2. The fraction of sp³-hybridized carbons (Fsp3) is 0.455. The molecular weight excluding hydrogens is 224 g/mol. The predicted octanol–water partition coefficient (Wildman–Crippen LogP) is 0.950. The molecule has 1 rings (SSSR count). The van der Waals surface area contributed by atoms with Gasteiger partial charge in [0.25, 0.3) is 0 Å². The standard InChI is InChI=1S/C11H16N2O4/c1-3-16-10(14)7-13-11(15)12-6-9-5-4-8(2)17-9/h4-5H,3,6-7H2,1-2H3,(H2,12,13,15). The monoisotopic (exact) mass is 240 g/mol. The second-order valence-electron chi connectivity index (χ2n) is 3.35. The first-order valence-corrected chi connectivity index (χ1v) is 5.34. The Hall–Kier alpha value is -1.98. The molecule has 1 aromatic rings. The van der Waals surface area contributed by atoms with Gasteiger partial charge in [-0.3, -0.25) is 4.79 Å². The van der Waals surface area contributed by atoms with Crippen LogP contribution in [0.4, 0.5) is 4.79 Å². The molecule has 0 atom stereocenters. The Labute approximate surface area is 99.3 Å². The van der Waals surface area contributed by atoms with Crippen molar-refractivity contribution in [1.82, 2.24) is 10.6 Å². The third-order valence-corrected chi connectivity index (χ3v) is 1.92. The van der Waals surface area contributed by atoms with E-state index in [0.717, 1.165) is 5.76 Å². The molecule has 0 bridgehead atoms. The van der Waals surface area contributed by atoms with Crippen LogP contribution >= 0.6 is 0 Å². The van der Waals surface area contributed by atoms with Gasteiger partial charge in [0, 0.05) is 0 Å². The number of rotatable bonds is 5. The zero-order chi connectivity index (χ0) is 12.7. The van der Waals surface area contributed by atoms with E-state index in [1.807, 2.05) is 13.0 Å². The predicted molar refractivity (Wildman–Crippen MR) is 60.3 cm³/mol. The molecule has 0 saturated heterocycles. The Morgan fingerprint density at radius 2 is 2.12 bits per heavy atom. The van der Waals surface area contributed by atoms with E-state index in [-0.39, 0.29) is 13.1 Å². The zero-order valence-corrected chi connectivity index (χ0v) is 9.91. The van der Waals surface area contributed by atoms with Crippen molar-refractivity contribution in [2.24, 2.45) is 0 Å². The molecule has 0 aromatic carbocycles. The minimum atomic E-state index is -0.462. The molecule has 0 aliphatic carbocycles. The molecule has 0 aliphatic rings. The smallest absolute Gasteiger partial charge is 0.325 e. The number of aryl methyl sites for hydroxylation is 1. The lowest BCUT2D eigenvalue weighted by Crippen LogP contribution is -2.38. The van der Waals surface area contributed by atoms with Crippen LogP contribution in [-0.4, -0.2) is 25.2 Å². The first-order valence-electron chi connectivity index (χ1n) is 5.34. The van der Waals surface area contributed by atoms with Crippen molar-refractivity contribution in [3.8, 4) is 0 Å². The minimum absolute atomic E-state index is 0.142. The molecule has 0 radical (unpaired) electrons. The quantitative estimate of drug-likeness (QED) is 0.751. The van der Waals surface area contributed by atoms with Crippen LogP contribution in [0.15, 0.2) is 16.5 Å². The van der Waals surface area contributed by atoms with E-state index in [2.05, 4.69) is 15.4 Å². The summed E-state index contributed by atoms with van der Waals surface area (Å²) < 4.78 is 9.92. The molecular formula is C11H16N2O4. The molecule has 0 unspecified atom stereocenters. The maximum absolute atomic E-state index is 11.3. The normalized spacial score (nSPS) is 9.76. The van der Waals surface area contributed by atoms with Crippen LogP contribution in [0.1, 0.15) is 18.4 Å². The fourth-order valence-electron chi connectivity index (χ4n) is 1.17. The van der Waals surface area contributed by atoms with Gasteiger partial charge in [0.1, 0.15) is 18.1 Å². The van der Waals surface area contributed by atoms with Gasteiger partial charge in [-0.15, -0.1) is 0 Å². The number of hydrogen-bond donors (Lipinski definition) is 2. The van der Waals surface area contributed by atoms with Gasteiger partial charge in [-0.2, -0.15) is 0 Å². The summed E-state index contributed by atoms with van der Waals surface area (Å²) in [6, 6.07) is 3.15. The van der Waals surface area contributed by atoms with Crippen molar-refractivity contribution in [3.63, 3.8) is 0 Å². The lowest BCUT2D eigenvalue weighted by Gasteiger charge is -2.05. The van der Waals surface area contributed by atoms with Crippen LogP contribution < -0.4 is 10.6 Å². The summed E-state index contributed by atoms with van der Waals surface area (Å²) in [5, 5.41) is 4.94. The number of ether oxygens (including phenoxy) is 1. The molecule has 2 N–H and O–H groups in total. The number of nitrogens with one attached hydrogen (secondary N) is 2. The highest BCUT2D eigenvalue weighted by Gasteiger charge is 2.06. The lowest BCUT2D eigenvalue weighted by atomic mass is 10.4. The van der Waals surface area contributed by atoms with Gasteiger partial charge in [0.15, 0.2) is 0 Å². The third-order valence-electron chi connectivity index (χ3n) is 1.92. The fourth-order valence-corrected chi connectivity index (χ4v) is 1.17. The molecule has 1 heterocycles. The van der Waals surface area contributed by atoms with Crippen LogP contribution in [0.3, 0.4) is 0 Å². The van der Waals surface area contributed by atoms with Crippen molar-refractivity contribution >= 4 is 12.0 Å². The van der Waals surface area contributed by atoms with Crippen molar-refractivity contribution in [2.75, 3.05) is 13.2 Å². The number of esters is 1. The molecule has 17 heavy (non-hydrogen) atoms. The van der Waals surface area contributed by atoms with Gasteiger partial charge in [0.2, 0.25) is 0 Å². The van der Waals surface area contributed by atoms with E-state index in [1.165, 1.54) is 0 Å². The Morgan fingerprint density at radius 3 is 2.71 bits per heavy atom. The Bertz CT molecular complexity index is 387. The summed E-state index contributed by atoms with van der Waals surface area (Å²) in [5.41, 5.74) is 0. The molecule has 0 aliphatic heterocycles. The van der Waals surface area contributed by atoms with Gasteiger partial charge in [0.05, 0.1) is 13.2 Å². The molecule has 0 saturated carbocycles. The highest BCUT2D eigenvalue weighted by atomic mass is 16.5. The molecule has 2 amide bonds. The lowest BCUT2D eigenvalue weighted by molar-refractivity contribution is -0.141. The van der Waals surface area contributed by atoms with Crippen LogP contribution in [-0.2, 0) is 16.1 Å². The van der Waals surface area contributed by atoms with Gasteiger partial charge >= 0.3 is 12.0 Å². The van der Waals surface area contributed by atoms with Gasteiger partial charge < -0.3 is 19.8 Å². The Morgan fingerprint density at radius 1 is 1.35 bits per heavy atom. The Balaban J connectivity index is 2.19. The second kappa shape index (κ2) is 6.57. The van der Waals surface area contributed by atoms with E-state index in [0.29, 0.717) is 12.4 Å². The van der Waals surface area contributed by atoms with E-state index in [9.17, 15) is 9.59 Å². The third kappa shape index (κ3) is 5.05. The summed E-state index contributed by atoms with van der Waals surface area (Å²) in [6.45, 7) is 3.97. The number of hydrogen-bond acceptors (Lipinski definition) is 4. The molecule has 6 nitrogen and oxygen atoms in total. The SMILES string of the molecule is CCOC(=O)CNC(=O)NCc1ccc(C)o1. The van der Waals surface area contributed by atoms with Gasteiger partial charge in [-0.25, -0.2) is 4.79 Å². The molecule has 0 spiro atoms. The maximum atomic E-state index is 11.3. The van der Waals surface area contributed by atoms with Gasteiger partial charge in [-0.1, -0.05) is 0 Å². The van der Waals surface area contributed by atoms with Gasteiger partial charge in [-0.05, 0) is 26.0 Å². The molecule has 1 aromatic heterocycles. The first-order chi connectivity index (χ1) is 8.11. The minimum Gasteiger partial charge on any atom is -0.465 e. The second-order valence-corrected chi connectivity index (χ2v) is 3.35. The highest BCUT2D eigenvalue weighted by molar-refractivity contribution is 5.80. The highest BCUT2D eigenvalue weighted by Crippen LogP contribution is 2.04. The zero-order valence-electron chi connectivity index (χ0n) is 9.91. The largest absolute Gasteiger partial charge is 0.465 e. The van der Waals surface area contributed by atoms with Crippen molar-refractivity contribution in [1.29, 1.82) is 0 Å². The van der Waals surface area contributed by atoms with Crippen molar-refractivity contribution in [3.05, 3.63) is 23.7 Å². The maximum Gasteiger partial charge on any atom is 0.325 e.